The number of hydrogen-bond acceptors (Lipinski definition) is 0. The molecule has 2 saturated carbocycles. The van der Waals surface area contributed by atoms with Gasteiger partial charge in [0.25, 0.3) is 0 Å². The highest BCUT2D eigenvalue weighted by Gasteiger charge is 2.31. The summed E-state index contributed by atoms with van der Waals surface area (Å²) in [6, 6.07) is 9.09. The lowest BCUT2D eigenvalue weighted by molar-refractivity contribution is 0.155. The third-order valence-corrected chi connectivity index (χ3v) is 7.92. The largest absolute Gasteiger partial charge is 0.0654 e. The summed E-state index contributed by atoms with van der Waals surface area (Å²) >= 11 is 3.56. The van der Waals surface area contributed by atoms with Crippen molar-refractivity contribution in [1.82, 2.24) is 0 Å². The van der Waals surface area contributed by atoms with Crippen LogP contribution in [-0.4, -0.2) is 0 Å². The van der Waals surface area contributed by atoms with Gasteiger partial charge in [0, 0.05) is 4.47 Å². The second-order valence-corrected chi connectivity index (χ2v) is 10.1. The van der Waals surface area contributed by atoms with Gasteiger partial charge in [0.2, 0.25) is 0 Å². The van der Waals surface area contributed by atoms with Gasteiger partial charge in [0.1, 0.15) is 0 Å². The van der Waals surface area contributed by atoms with E-state index in [1.54, 1.807) is 5.56 Å². The van der Waals surface area contributed by atoms with Crippen LogP contribution in [-0.2, 0) is 0 Å². The summed E-state index contributed by atoms with van der Waals surface area (Å²) in [6.45, 7) is 2.31. The van der Waals surface area contributed by atoms with Crippen LogP contribution in [0.25, 0.3) is 0 Å². The lowest BCUT2D eigenvalue weighted by Gasteiger charge is -2.38. The molecule has 0 spiro atoms. The lowest BCUT2D eigenvalue weighted by Crippen LogP contribution is -2.25. The monoisotopic (exact) mass is 418 g/mol. The molecule has 0 aliphatic heterocycles. The quantitative estimate of drug-likeness (QED) is 0.369. The van der Waals surface area contributed by atoms with E-state index in [9.17, 15) is 0 Å². The van der Waals surface area contributed by atoms with Gasteiger partial charge in [-0.3, -0.25) is 0 Å². The van der Waals surface area contributed by atoms with Gasteiger partial charge in [-0.15, -0.1) is 0 Å². The van der Waals surface area contributed by atoms with Crippen LogP contribution in [0.3, 0.4) is 0 Å². The van der Waals surface area contributed by atoms with Gasteiger partial charge in [-0.1, -0.05) is 86.4 Å². The molecular weight excluding hydrogens is 380 g/mol. The Morgan fingerprint density at radius 3 is 1.92 bits per heavy atom. The molecule has 0 aromatic heterocycles. The van der Waals surface area contributed by atoms with Crippen LogP contribution in [0.5, 0.6) is 0 Å². The fourth-order valence-electron chi connectivity index (χ4n) is 5.64. The average Bonchev–Trinajstić information content (AvgIpc) is 2.69. The Hall–Kier alpha value is -0.300. The van der Waals surface area contributed by atoms with Gasteiger partial charge in [-0.2, -0.15) is 0 Å². The average molecular weight is 419 g/mol. The summed E-state index contributed by atoms with van der Waals surface area (Å²) in [6.07, 6.45) is 20.7. The summed E-state index contributed by atoms with van der Waals surface area (Å²) in [5.41, 5.74) is 1.57. The van der Waals surface area contributed by atoms with Crippen LogP contribution in [0, 0.1) is 17.8 Å². The van der Waals surface area contributed by atoms with Crippen molar-refractivity contribution >= 4 is 15.9 Å². The van der Waals surface area contributed by atoms with Crippen molar-refractivity contribution in [2.75, 3.05) is 0 Å². The van der Waals surface area contributed by atoms with Gasteiger partial charge >= 0.3 is 0 Å². The van der Waals surface area contributed by atoms with E-state index in [0.717, 1.165) is 23.7 Å². The minimum Gasteiger partial charge on any atom is -0.0654 e. The molecule has 2 fully saturated rings. The predicted octanol–water partition coefficient (Wildman–Crippen LogP) is 8.89. The summed E-state index contributed by atoms with van der Waals surface area (Å²) in [5.74, 6) is 3.97. The van der Waals surface area contributed by atoms with Gasteiger partial charge in [-0.25, -0.2) is 0 Å². The Bertz CT molecular complexity index is 489. The van der Waals surface area contributed by atoms with Crippen molar-refractivity contribution in [3.63, 3.8) is 0 Å². The zero-order valence-electron chi connectivity index (χ0n) is 16.9. The van der Waals surface area contributed by atoms with Crippen LogP contribution in [0.4, 0.5) is 0 Å². The van der Waals surface area contributed by atoms with Gasteiger partial charge in [0.05, 0.1) is 0 Å². The van der Waals surface area contributed by atoms with Crippen LogP contribution in [0.1, 0.15) is 108 Å². The molecule has 26 heavy (non-hydrogen) atoms. The molecule has 0 unspecified atom stereocenters. The maximum absolute atomic E-state index is 3.56. The van der Waals surface area contributed by atoms with E-state index in [1.165, 1.54) is 94.4 Å². The first-order valence-electron chi connectivity index (χ1n) is 11.5. The summed E-state index contributed by atoms with van der Waals surface area (Å²) in [7, 11) is 0. The van der Waals surface area contributed by atoms with E-state index in [-0.39, 0.29) is 0 Å². The highest BCUT2D eigenvalue weighted by atomic mass is 79.9. The van der Waals surface area contributed by atoms with E-state index in [2.05, 4.69) is 47.1 Å². The molecule has 2 aliphatic rings. The molecule has 1 aromatic carbocycles. The Kier molecular flexibility index (Phi) is 8.56. The fraction of sp³-hybridized carbons (Fsp3) is 0.760. The molecule has 0 bridgehead atoms. The number of hydrogen-bond donors (Lipinski definition) is 0. The first-order chi connectivity index (χ1) is 12.8. The number of halogens is 1. The molecule has 0 nitrogen and oxygen atoms in total. The van der Waals surface area contributed by atoms with Gasteiger partial charge in [0.15, 0.2) is 0 Å². The number of benzene rings is 1. The smallest absolute Gasteiger partial charge is 0.0175 e. The van der Waals surface area contributed by atoms with Crippen molar-refractivity contribution < 1.29 is 0 Å². The first-order valence-corrected chi connectivity index (χ1v) is 12.3. The SMILES string of the molecule is CCCCCCCC1CCC(C2CCC(c3ccc(Br)cc3)CC2)CC1. The Labute approximate surface area is 170 Å². The Morgan fingerprint density at radius 1 is 0.731 bits per heavy atom. The molecule has 1 aromatic rings. The van der Waals surface area contributed by atoms with Gasteiger partial charge < -0.3 is 0 Å². The molecule has 2 aliphatic carbocycles. The van der Waals surface area contributed by atoms with E-state index < -0.39 is 0 Å². The molecule has 0 saturated heterocycles. The van der Waals surface area contributed by atoms with E-state index >= 15 is 0 Å². The molecule has 146 valence electrons. The molecule has 0 atom stereocenters. The maximum atomic E-state index is 3.56. The maximum Gasteiger partial charge on any atom is 0.0175 e. The second kappa shape index (κ2) is 10.9. The minimum absolute atomic E-state index is 0.818. The first kappa shape index (κ1) is 20.4. The van der Waals surface area contributed by atoms with E-state index in [0.29, 0.717) is 0 Å². The normalized spacial score (nSPS) is 29.6. The molecule has 0 amide bonds. The van der Waals surface area contributed by atoms with Crippen molar-refractivity contribution in [2.24, 2.45) is 17.8 Å². The zero-order valence-corrected chi connectivity index (χ0v) is 18.5. The van der Waals surface area contributed by atoms with Crippen molar-refractivity contribution in [2.45, 2.75) is 103 Å². The molecule has 1 heteroatoms. The highest BCUT2D eigenvalue weighted by molar-refractivity contribution is 9.10. The molecular formula is C25H39Br. The summed E-state index contributed by atoms with van der Waals surface area (Å²) in [4.78, 5) is 0. The molecule has 3 rings (SSSR count). The second-order valence-electron chi connectivity index (χ2n) is 9.15. The van der Waals surface area contributed by atoms with Crippen LogP contribution < -0.4 is 0 Å². The molecule has 0 radical (unpaired) electrons. The highest BCUT2D eigenvalue weighted by Crippen LogP contribution is 2.44. The third kappa shape index (κ3) is 6.11. The summed E-state index contributed by atoms with van der Waals surface area (Å²) < 4.78 is 1.21. The Morgan fingerprint density at radius 2 is 1.31 bits per heavy atom. The lowest BCUT2D eigenvalue weighted by atomic mass is 9.68. The van der Waals surface area contributed by atoms with Crippen LogP contribution in [0.15, 0.2) is 28.7 Å². The Balaban J connectivity index is 1.34. The van der Waals surface area contributed by atoms with Crippen molar-refractivity contribution in [1.29, 1.82) is 0 Å². The fourth-order valence-corrected chi connectivity index (χ4v) is 5.91. The molecule has 0 heterocycles. The van der Waals surface area contributed by atoms with Gasteiger partial charge in [-0.05, 0) is 79.9 Å². The number of unbranched alkanes of at least 4 members (excludes halogenated alkanes) is 4. The molecule has 0 N–H and O–H groups in total. The topological polar surface area (TPSA) is 0 Å². The minimum atomic E-state index is 0.818. The number of rotatable bonds is 8. The standard InChI is InChI=1S/C25H39Br/c1-2-3-4-5-6-7-20-8-10-21(11-9-20)22-12-14-23(15-13-22)24-16-18-25(26)19-17-24/h16-23H,2-15H2,1H3. The predicted molar refractivity (Wildman–Crippen MR) is 118 cm³/mol. The van der Waals surface area contributed by atoms with E-state index in [1.807, 2.05) is 0 Å². The van der Waals surface area contributed by atoms with Crippen LogP contribution in [0.2, 0.25) is 0 Å². The van der Waals surface area contributed by atoms with Crippen molar-refractivity contribution in [3.8, 4) is 0 Å². The summed E-state index contributed by atoms with van der Waals surface area (Å²) in [5, 5.41) is 0. The zero-order chi connectivity index (χ0) is 18.2. The van der Waals surface area contributed by atoms with Crippen LogP contribution >= 0.6 is 15.9 Å². The van der Waals surface area contributed by atoms with E-state index in [4.69, 9.17) is 0 Å². The third-order valence-electron chi connectivity index (χ3n) is 7.39. The van der Waals surface area contributed by atoms with Crippen molar-refractivity contribution in [3.05, 3.63) is 34.3 Å².